The smallest absolute Gasteiger partial charge is 0.402 e. The standard InChI is InChI=1S/C37H57N3O8.C5H10N2S.CH3NO2.CH2O/c1-6-7-13-34(43)38-16-17-46-18-19-47-20-21-48-25-39-35-30-23-27(3)14-15-32(41)29(5)22-26(2)11-9-8-10-12-28(4)37(45)40-31(36(30)44)24-33(35)42;1-4-5(2-8-1)7-3-6-4;2-1(3)4;1-2/h8,10,12,22,24,27,29,32,39,41H,6-7,9,11,13-21,23,25H2,1-5H3,(H,38,43)(H,40,45);4-7H,1-3H2;2H2,(H,3,4);1H2/b10-8-,26-22+,28-12+;;;. The first-order valence-corrected chi connectivity index (χ1v) is 22.5. The van der Waals surface area contributed by atoms with Crippen LogP contribution in [0.1, 0.15) is 86.0 Å². The van der Waals surface area contributed by atoms with E-state index in [4.69, 9.17) is 28.9 Å². The molecule has 5 unspecified atom stereocenters. The number of aliphatic hydroxyl groups is 1. The largest absolute Gasteiger partial charge is 0.465 e. The van der Waals surface area contributed by atoms with Gasteiger partial charge in [0.25, 0.3) is 5.91 Å². The van der Waals surface area contributed by atoms with Crippen molar-refractivity contribution in [3.63, 3.8) is 0 Å². The molecule has 0 saturated carbocycles. The molecular formula is C44H72N6O11S. The summed E-state index contributed by atoms with van der Waals surface area (Å²) in [6.45, 7) is 14.9. The Bertz CT molecular complexity index is 1540. The van der Waals surface area contributed by atoms with Gasteiger partial charge in [0.1, 0.15) is 13.5 Å². The molecule has 9 N–H and O–H groups in total. The van der Waals surface area contributed by atoms with Crippen LogP contribution in [0.5, 0.6) is 0 Å². The van der Waals surface area contributed by atoms with Crippen LogP contribution in [0.15, 0.2) is 58.5 Å². The maximum absolute atomic E-state index is 13.6. The highest BCUT2D eigenvalue weighted by molar-refractivity contribution is 7.99. The van der Waals surface area contributed by atoms with Gasteiger partial charge in [-0.2, -0.15) is 11.8 Å². The van der Waals surface area contributed by atoms with E-state index in [2.05, 4.69) is 45.3 Å². The van der Waals surface area contributed by atoms with Crippen molar-refractivity contribution < 1.29 is 53.2 Å². The van der Waals surface area contributed by atoms with Gasteiger partial charge in [-0.15, -0.1) is 0 Å². The van der Waals surface area contributed by atoms with Gasteiger partial charge in [-0.1, -0.05) is 57.1 Å². The van der Waals surface area contributed by atoms with Crippen molar-refractivity contribution in [2.45, 2.75) is 104 Å². The normalized spacial score (nSPS) is 25.3. The molecule has 0 aromatic rings. The molecule has 4 aliphatic rings. The fourth-order valence-electron chi connectivity index (χ4n) is 6.50. The first-order valence-electron chi connectivity index (χ1n) is 21.3. The van der Waals surface area contributed by atoms with Crippen LogP contribution in [0.2, 0.25) is 0 Å². The minimum absolute atomic E-state index is 0.0147. The van der Waals surface area contributed by atoms with E-state index < -0.39 is 29.7 Å². The molecule has 2 fully saturated rings. The topological polar surface area (TPSA) is 257 Å². The number of nitrogens with two attached hydrogens (primary N) is 1. The fourth-order valence-corrected chi connectivity index (χ4v) is 7.85. The maximum Gasteiger partial charge on any atom is 0.402 e. The van der Waals surface area contributed by atoms with Crippen LogP contribution in [0, 0.1) is 11.8 Å². The van der Waals surface area contributed by atoms with Crippen LogP contribution < -0.4 is 32.3 Å². The van der Waals surface area contributed by atoms with E-state index in [1.54, 1.807) is 13.0 Å². The summed E-state index contributed by atoms with van der Waals surface area (Å²) in [6.07, 6.45) is 12.4. The van der Waals surface area contributed by atoms with E-state index in [0.717, 1.165) is 50.5 Å². The summed E-state index contributed by atoms with van der Waals surface area (Å²) in [5, 5.41) is 33.2. The number of carbonyl (C=O) groups excluding carboxylic acids is 5. The minimum atomic E-state index is -1.33. The van der Waals surface area contributed by atoms with Gasteiger partial charge in [0.15, 0.2) is 0 Å². The number of ketones is 2. The first kappa shape index (κ1) is 55.8. The molecule has 0 spiro atoms. The van der Waals surface area contributed by atoms with E-state index in [-0.39, 0.29) is 48.0 Å². The van der Waals surface area contributed by atoms with Gasteiger partial charge in [0.2, 0.25) is 17.5 Å². The van der Waals surface area contributed by atoms with Crippen LogP contribution in [-0.2, 0) is 38.2 Å². The number of unbranched alkanes of at least 4 members (excludes halogenated alkanes) is 1. The number of amides is 3. The highest BCUT2D eigenvalue weighted by Gasteiger charge is 2.32. The molecular weight excluding hydrogens is 821 g/mol. The number of carbonyl (C=O) groups is 6. The molecule has 3 heterocycles. The Labute approximate surface area is 371 Å². The van der Waals surface area contributed by atoms with Crippen molar-refractivity contribution in [2.75, 3.05) is 64.5 Å². The van der Waals surface area contributed by atoms with Gasteiger partial charge in [-0.3, -0.25) is 29.8 Å². The van der Waals surface area contributed by atoms with Crippen LogP contribution in [0.4, 0.5) is 4.79 Å². The Balaban J connectivity index is 0.00000116. The SMILES string of the molecule is C1NC2CSCC2N1.C=O.CCCCC(=O)NCCOCCOCCOCNC1=C2CC(C)CCC(O)C(C)/C=C(\C)CC/C=C\C=C(/C)C(=O)NC(=CC1=O)C2=O.NC(=O)O. The summed E-state index contributed by atoms with van der Waals surface area (Å²) in [7, 11) is 0. The number of ether oxygens (including phenoxy) is 3. The molecule has 4 rings (SSSR count). The number of thioether (sulfide) groups is 1. The third-order valence-corrected chi connectivity index (χ3v) is 11.2. The summed E-state index contributed by atoms with van der Waals surface area (Å²) in [4.78, 5) is 68.1. The van der Waals surface area contributed by atoms with Gasteiger partial charge >= 0.3 is 6.09 Å². The number of rotatable bonds is 15. The molecule has 2 saturated heterocycles. The number of carboxylic acid groups (broad SMARTS) is 1. The summed E-state index contributed by atoms with van der Waals surface area (Å²) >= 11 is 2.04. The second-order valence-electron chi connectivity index (χ2n) is 15.3. The van der Waals surface area contributed by atoms with E-state index in [1.807, 2.05) is 51.5 Å². The Kier molecular flexibility index (Phi) is 30.1. The van der Waals surface area contributed by atoms with E-state index in [9.17, 15) is 24.3 Å². The lowest BCUT2D eigenvalue weighted by molar-refractivity contribution is -0.121. The predicted molar refractivity (Wildman–Crippen MR) is 241 cm³/mol. The Morgan fingerprint density at radius 1 is 0.984 bits per heavy atom. The second kappa shape index (κ2) is 33.4. The second-order valence-corrected chi connectivity index (χ2v) is 16.4. The third-order valence-electron chi connectivity index (χ3n) is 10.0. The Morgan fingerprint density at radius 3 is 2.26 bits per heavy atom. The van der Waals surface area contributed by atoms with Crippen molar-refractivity contribution in [2.24, 2.45) is 17.6 Å². The number of fused-ring (bicyclic) bond motifs is 3. The average Bonchev–Trinajstić information content (AvgIpc) is 3.89. The lowest BCUT2D eigenvalue weighted by Gasteiger charge is -2.24. The molecule has 350 valence electrons. The maximum atomic E-state index is 13.6. The first-order chi connectivity index (χ1) is 29.7. The molecule has 1 aliphatic carbocycles. The monoisotopic (exact) mass is 892 g/mol. The summed E-state index contributed by atoms with van der Waals surface area (Å²) in [5.74, 6) is 1.31. The number of hydrogen-bond donors (Lipinski definition) is 8. The molecule has 0 aromatic heterocycles. The Hall–Kier alpha value is -4.17. The van der Waals surface area contributed by atoms with Crippen molar-refractivity contribution in [3.05, 3.63) is 58.5 Å². The number of hydrogen-bond acceptors (Lipinski definition) is 14. The number of primary amides is 1. The van der Waals surface area contributed by atoms with Crippen LogP contribution >= 0.6 is 11.8 Å². The van der Waals surface area contributed by atoms with Crippen molar-refractivity contribution in [3.8, 4) is 0 Å². The molecule has 62 heavy (non-hydrogen) atoms. The number of Topliss-reactive ketones (excluding diaryl/α,β-unsaturated/α-hetero) is 1. The zero-order valence-electron chi connectivity index (χ0n) is 37.3. The van der Waals surface area contributed by atoms with Crippen molar-refractivity contribution in [1.82, 2.24) is 26.6 Å². The molecule has 5 atom stereocenters. The molecule has 3 aliphatic heterocycles. The lowest BCUT2D eigenvalue weighted by Crippen LogP contribution is -2.36. The summed E-state index contributed by atoms with van der Waals surface area (Å²) in [5.41, 5.74) is 6.00. The number of nitrogens with one attached hydrogen (secondary N) is 5. The van der Waals surface area contributed by atoms with Crippen LogP contribution in [0.25, 0.3) is 0 Å². The predicted octanol–water partition coefficient (Wildman–Crippen LogP) is 3.40. The third kappa shape index (κ3) is 23.9. The molecule has 0 aromatic carbocycles. The summed E-state index contributed by atoms with van der Waals surface area (Å²) < 4.78 is 16.6. The molecule has 18 heteroatoms. The molecule has 0 radical (unpaired) electrons. The summed E-state index contributed by atoms with van der Waals surface area (Å²) in [6, 6.07) is 1.56. The zero-order valence-corrected chi connectivity index (χ0v) is 38.1. The highest BCUT2D eigenvalue weighted by Crippen LogP contribution is 2.27. The van der Waals surface area contributed by atoms with E-state index >= 15 is 0 Å². The van der Waals surface area contributed by atoms with Crippen molar-refractivity contribution in [1.29, 1.82) is 0 Å². The lowest BCUT2D eigenvalue weighted by atomic mass is 9.86. The van der Waals surface area contributed by atoms with Crippen LogP contribution in [-0.4, -0.2) is 129 Å². The quantitative estimate of drug-likeness (QED) is 0.0508. The van der Waals surface area contributed by atoms with Crippen LogP contribution in [0.3, 0.4) is 0 Å². The molecule has 17 nitrogen and oxygen atoms in total. The van der Waals surface area contributed by atoms with Crippen molar-refractivity contribution >= 4 is 48.0 Å². The van der Waals surface area contributed by atoms with E-state index in [1.165, 1.54) is 17.1 Å². The zero-order chi connectivity index (χ0) is 46.3. The highest BCUT2D eigenvalue weighted by atomic mass is 32.2. The Morgan fingerprint density at radius 2 is 1.61 bits per heavy atom. The minimum Gasteiger partial charge on any atom is -0.465 e. The van der Waals surface area contributed by atoms with Gasteiger partial charge < -0.3 is 50.9 Å². The van der Waals surface area contributed by atoms with Gasteiger partial charge in [-0.05, 0) is 58.3 Å². The number of allylic oxidation sites excluding steroid dienone is 6. The van der Waals surface area contributed by atoms with Gasteiger partial charge in [0, 0.05) is 66.4 Å². The average molecular weight is 893 g/mol. The molecule has 2 bridgehead atoms. The number of aliphatic hydroxyl groups excluding tert-OH is 1. The molecule has 3 amide bonds. The van der Waals surface area contributed by atoms with E-state index in [0.29, 0.717) is 64.2 Å². The van der Waals surface area contributed by atoms with Gasteiger partial charge in [0.05, 0.1) is 50.5 Å². The fraction of sp³-hybridized carbons (Fsp3) is 0.636. The van der Waals surface area contributed by atoms with Gasteiger partial charge in [-0.25, -0.2) is 4.79 Å².